The minimum Gasteiger partial charge on any atom is -0.381 e. The molecule has 0 aromatic carbocycles. The predicted octanol–water partition coefficient (Wildman–Crippen LogP) is 1.88. The van der Waals surface area contributed by atoms with Gasteiger partial charge in [-0.1, -0.05) is 33.1 Å². The summed E-state index contributed by atoms with van der Waals surface area (Å²) in [4.78, 5) is 0. The van der Waals surface area contributed by atoms with Crippen molar-refractivity contribution in [3.05, 3.63) is 0 Å². The molecule has 0 fully saturated rings. The van der Waals surface area contributed by atoms with Gasteiger partial charge in [-0.25, -0.2) is 0 Å². The van der Waals surface area contributed by atoms with Crippen molar-refractivity contribution in [3.63, 3.8) is 0 Å². The van der Waals surface area contributed by atoms with E-state index in [4.69, 9.17) is 5.11 Å². The molecule has 11 heavy (non-hydrogen) atoms. The molecule has 2 nitrogen and oxygen atoms in total. The van der Waals surface area contributed by atoms with Gasteiger partial charge in [0.2, 0.25) is 0 Å². The van der Waals surface area contributed by atoms with E-state index in [-0.39, 0.29) is 6.73 Å². The van der Waals surface area contributed by atoms with Gasteiger partial charge >= 0.3 is 0 Å². The van der Waals surface area contributed by atoms with Crippen molar-refractivity contribution in [2.45, 2.75) is 52.0 Å². The first kappa shape index (κ1) is 10.9. The van der Waals surface area contributed by atoms with E-state index in [0.29, 0.717) is 6.04 Å². The predicted molar refractivity (Wildman–Crippen MR) is 48.4 cm³/mol. The van der Waals surface area contributed by atoms with E-state index in [9.17, 15) is 0 Å². The molecule has 2 heteroatoms. The summed E-state index contributed by atoms with van der Waals surface area (Å²) in [7, 11) is 0. The standard InChI is InChI=1S/C9H21NO/c1-3-5-6-7-9(4-2)10-8-11/h9-11H,3-8H2,1-2H3. The van der Waals surface area contributed by atoms with Crippen LogP contribution in [0.1, 0.15) is 46.0 Å². The van der Waals surface area contributed by atoms with Crippen molar-refractivity contribution in [1.29, 1.82) is 0 Å². The van der Waals surface area contributed by atoms with Crippen LogP contribution in [0.3, 0.4) is 0 Å². The van der Waals surface area contributed by atoms with E-state index in [1.165, 1.54) is 25.7 Å². The molecule has 0 aromatic heterocycles. The lowest BCUT2D eigenvalue weighted by Crippen LogP contribution is -2.28. The van der Waals surface area contributed by atoms with Crippen LogP contribution in [0.25, 0.3) is 0 Å². The molecule has 0 saturated heterocycles. The number of aliphatic hydroxyl groups excluding tert-OH is 1. The van der Waals surface area contributed by atoms with Crippen LogP contribution in [0.15, 0.2) is 0 Å². The fraction of sp³-hybridized carbons (Fsp3) is 1.00. The molecule has 0 radical (unpaired) electrons. The van der Waals surface area contributed by atoms with Gasteiger partial charge in [0.05, 0.1) is 6.73 Å². The molecule has 0 heterocycles. The van der Waals surface area contributed by atoms with Crippen LogP contribution in [0, 0.1) is 0 Å². The van der Waals surface area contributed by atoms with E-state index in [2.05, 4.69) is 19.2 Å². The summed E-state index contributed by atoms with van der Waals surface area (Å²) in [5, 5.41) is 11.7. The van der Waals surface area contributed by atoms with Gasteiger partial charge in [0.25, 0.3) is 0 Å². The average Bonchev–Trinajstić information content (AvgIpc) is 2.03. The van der Waals surface area contributed by atoms with Gasteiger partial charge in [0, 0.05) is 6.04 Å². The Hall–Kier alpha value is -0.0800. The topological polar surface area (TPSA) is 32.3 Å². The maximum atomic E-state index is 8.61. The SMILES string of the molecule is CCCCCC(CC)NCO. The zero-order valence-electron chi connectivity index (χ0n) is 7.77. The monoisotopic (exact) mass is 159 g/mol. The van der Waals surface area contributed by atoms with Crippen LogP contribution in [-0.4, -0.2) is 17.9 Å². The number of unbranched alkanes of at least 4 members (excludes halogenated alkanes) is 2. The third-order valence-corrected chi connectivity index (χ3v) is 2.03. The van der Waals surface area contributed by atoms with E-state index < -0.39 is 0 Å². The Morgan fingerprint density at radius 3 is 2.45 bits per heavy atom. The Kier molecular flexibility index (Phi) is 7.96. The lowest BCUT2D eigenvalue weighted by atomic mass is 10.1. The van der Waals surface area contributed by atoms with Crippen molar-refractivity contribution >= 4 is 0 Å². The number of rotatable bonds is 7. The first-order chi connectivity index (χ1) is 5.35. The Labute approximate surface area is 70.0 Å². The highest BCUT2D eigenvalue weighted by Gasteiger charge is 2.02. The highest BCUT2D eigenvalue weighted by molar-refractivity contribution is 4.61. The van der Waals surface area contributed by atoms with Crippen LogP contribution >= 0.6 is 0 Å². The number of hydrogen-bond donors (Lipinski definition) is 2. The van der Waals surface area contributed by atoms with Crippen molar-refractivity contribution < 1.29 is 5.11 Å². The second-order valence-corrected chi connectivity index (χ2v) is 2.96. The second kappa shape index (κ2) is 8.02. The Balaban J connectivity index is 3.20. The Morgan fingerprint density at radius 1 is 1.27 bits per heavy atom. The molecule has 0 saturated carbocycles. The highest BCUT2D eigenvalue weighted by Crippen LogP contribution is 2.05. The van der Waals surface area contributed by atoms with E-state index in [1.807, 2.05) is 0 Å². The molecule has 0 spiro atoms. The van der Waals surface area contributed by atoms with Crippen LogP contribution < -0.4 is 5.32 Å². The molecule has 0 aliphatic carbocycles. The number of nitrogens with one attached hydrogen (secondary N) is 1. The van der Waals surface area contributed by atoms with Crippen LogP contribution in [0.5, 0.6) is 0 Å². The van der Waals surface area contributed by atoms with E-state index in [0.717, 1.165) is 6.42 Å². The molecule has 0 aliphatic heterocycles. The molecule has 1 atom stereocenters. The van der Waals surface area contributed by atoms with E-state index in [1.54, 1.807) is 0 Å². The zero-order chi connectivity index (χ0) is 8.53. The second-order valence-electron chi connectivity index (χ2n) is 2.96. The summed E-state index contributed by atoms with van der Waals surface area (Å²) >= 11 is 0. The molecule has 0 aliphatic rings. The lowest BCUT2D eigenvalue weighted by molar-refractivity contribution is 0.233. The Bertz CT molecular complexity index is 76.0. The van der Waals surface area contributed by atoms with Gasteiger partial charge in [-0.05, 0) is 12.8 Å². The maximum Gasteiger partial charge on any atom is 0.0933 e. The summed E-state index contributed by atoms with van der Waals surface area (Å²) in [6, 6.07) is 0.520. The molecular weight excluding hydrogens is 138 g/mol. The molecule has 2 N–H and O–H groups in total. The molecular formula is C9H21NO. The summed E-state index contributed by atoms with van der Waals surface area (Å²) in [5.74, 6) is 0. The van der Waals surface area contributed by atoms with Crippen LogP contribution in [-0.2, 0) is 0 Å². The van der Waals surface area contributed by atoms with Crippen molar-refractivity contribution in [2.75, 3.05) is 6.73 Å². The fourth-order valence-corrected chi connectivity index (χ4v) is 1.22. The van der Waals surface area contributed by atoms with Crippen molar-refractivity contribution in [2.24, 2.45) is 0 Å². The molecule has 0 rings (SSSR count). The van der Waals surface area contributed by atoms with Gasteiger partial charge in [-0.2, -0.15) is 0 Å². The summed E-state index contributed by atoms with van der Waals surface area (Å²) in [6.45, 7) is 4.48. The first-order valence-electron chi connectivity index (χ1n) is 4.69. The maximum absolute atomic E-state index is 8.61. The molecule has 0 amide bonds. The van der Waals surface area contributed by atoms with E-state index >= 15 is 0 Å². The van der Waals surface area contributed by atoms with Crippen LogP contribution in [0.4, 0.5) is 0 Å². The van der Waals surface area contributed by atoms with Gasteiger partial charge in [-0.15, -0.1) is 0 Å². The minimum absolute atomic E-state index is 0.116. The average molecular weight is 159 g/mol. The molecule has 0 aromatic rings. The number of aliphatic hydroxyl groups is 1. The minimum atomic E-state index is 0.116. The third-order valence-electron chi connectivity index (χ3n) is 2.03. The normalized spacial score (nSPS) is 13.4. The largest absolute Gasteiger partial charge is 0.381 e. The van der Waals surface area contributed by atoms with Gasteiger partial charge in [0.1, 0.15) is 0 Å². The van der Waals surface area contributed by atoms with Gasteiger partial charge in [0.15, 0.2) is 0 Å². The molecule has 0 bridgehead atoms. The fourth-order valence-electron chi connectivity index (χ4n) is 1.22. The highest BCUT2D eigenvalue weighted by atomic mass is 16.3. The van der Waals surface area contributed by atoms with Crippen molar-refractivity contribution in [1.82, 2.24) is 5.32 Å². The quantitative estimate of drug-likeness (QED) is 0.439. The third kappa shape index (κ3) is 6.32. The summed E-state index contributed by atoms with van der Waals surface area (Å²) in [6.07, 6.45) is 6.18. The molecule has 68 valence electrons. The Morgan fingerprint density at radius 2 is 2.00 bits per heavy atom. The molecule has 1 unspecified atom stereocenters. The lowest BCUT2D eigenvalue weighted by Gasteiger charge is -2.14. The smallest absolute Gasteiger partial charge is 0.0933 e. The van der Waals surface area contributed by atoms with Crippen molar-refractivity contribution in [3.8, 4) is 0 Å². The first-order valence-corrected chi connectivity index (χ1v) is 4.69. The van der Waals surface area contributed by atoms with Gasteiger partial charge in [-0.3, -0.25) is 5.32 Å². The summed E-state index contributed by atoms with van der Waals surface area (Å²) in [5.41, 5.74) is 0. The van der Waals surface area contributed by atoms with Gasteiger partial charge < -0.3 is 5.11 Å². The number of hydrogen-bond acceptors (Lipinski definition) is 2. The summed E-state index contributed by atoms with van der Waals surface area (Å²) < 4.78 is 0. The zero-order valence-corrected chi connectivity index (χ0v) is 7.77. The van der Waals surface area contributed by atoms with Crippen LogP contribution in [0.2, 0.25) is 0 Å².